The third-order valence-electron chi connectivity index (χ3n) is 1.54. The summed E-state index contributed by atoms with van der Waals surface area (Å²) < 4.78 is 0. The molecule has 1 unspecified atom stereocenters. The molecular weight excluding hydrogens is 171 g/mol. The molecule has 0 spiro atoms. The Kier molecular flexibility index (Phi) is 6.07. The van der Waals surface area contributed by atoms with Gasteiger partial charge in [-0.25, -0.2) is 0 Å². The summed E-state index contributed by atoms with van der Waals surface area (Å²) >= 11 is 11.7. The van der Waals surface area contributed by atoms with Gasteiger partial charge >= 0.3 is 0 Å². The molecule has 0 radical (unpaired) electrons. The maximum Gasteiger partial charge on any atom is 0.240 e. The van der Waals surface area contributed by atoms with E-state index in [2.05, 4.69) is 13.8 Å². The van der Waals surface area contributed by atoms with Crippen LogP contribution in [-0.2, 0) is 0 Å². The molecule has 0 aromatic heterocycles. The molecule has 0 N–H and O–H groups in total. The minimum absolute atomic E-state index is 0.637. The highest BCUT2D eigenvalue weighted by Crippen LogP contribution is 2.25. The molecule has 1 atom stereocenters. The fourth-order valence-electron chi connectivity index (χ4n) is 0.879. The second-order valence-corrected chi connectivity index (χ2v) is 7.39. The molecule has 0 aliphatic rings. The zero-order valence-corrected chi connectivity index (χ0v) is 8.70. The van der Waals surface area contributed by atoms with Crippen LogP contribution in [0.4, 0.5) is 0 Å². The Morgan fingerprint density at radius 2 is 1.89 bits per heavy atom. The molecule has 0 fully saturated rings. The summed E-state index contributed by atoms with van der Waals surface area (Å²) in [6.45, 7) is 4.33. The van der Waals surface area contributed by atoms with E-state index in [-0.39, 0.29) is 0 Å². The maximum atomic E-state index is 5.83. The van der Waals surface area contributed by atoms with Gasteiger partial charge in [-0.2, -0.15) is 22.2 Å². The lowest BCUT2D eigenvalue weighted by atomic mass is 10.2. The molecule has 56 valence electrons. The van der Waals surface area contributed by atoms with E-state index in [1.54, 1.807) is 0 Å². The Balaban J connectivity index is 3.41. The van der Waals surface area contributed by atoms with Gasteiger partial charge in [0.15, 0.2) is 0 Å². The van der Waals surface area contributed by atoms with Crippen LogP contribution in [-0.4, -0.2) is 7.42 Å². The van der Waals surface area contributed by atoms with Gasteiger partial charge < -0.3 is 0 Å². The van der Waals surface area contributed by atoms with Crippen molar-refractivity contribution in [3.63, 3.8) is 0 Å². The summed E-state index contributed by atoms with van der Waals surface area (Å²) in [5.41, 5.74) is 0.637. The van der Waals surface area contributed by atoms with Crippen molar-refractivity contribution in [3.8, 4) is 0 Å². The van der Waals surface area contributed by atoms with Gasteiger partial charge in [0.1, 0.15) is 0 Å². The maximum absolute atomic E-state index is 5.83. The summed E-state index contributed by atoms with van der Waals surface area (Å²) in [6.07, 6.45) is 3.57. The Morgan fingerprint density at radius 1 is 1.33 bits per heavy atom. The molecule has 0 nitrogen and oxygen atoms in total. The average Bonchev–Trinajstić information content (AvgIpc) is 1.82. The molecule has 0 aliphatic heterocycles. The molecule has 0 saturated heterocycles. The van der Waals surface area contributed by atoms with Gasteiger partial charge in [-0.15, -0.1) is 0 Å². The highest BCUT2D eigenvalue weighted by molar-refractivity contribution is 7.34. The van der Waals surface area contributed by atoms with E-state index in [4.69, 9.17) is 22.2 Å². The highest BCUT2D eigenvalue weighted by Gasteiger charge is 2.15. The van der Waals surface area contributed by atoms with Crippen LogP contribution in [0.2, 0.25) is 5.54 Å². The lowest BCUT2D eigenvalue weighted by molar-refractivity contribution is 0.695. The normalized spacial score (nSPS) is 14.3. The van der Waals surface area contributed by atoms with E-state index in [1.807, 2.05) is 0 Å². The summed E-state index contributed by atoms with van der Waals surface area (Å²) in [6, 6.07) is 0. The molecule has 0 heterocycles. The third-order valence-corrected chi connectivity index (χ3v) is 5.20. The third kappa shape index (κ3) is 4.23. The van der Waals surface area contributed by atoms with Crippen LogP contribution >= 0.6 is 22.2 Å². The molecule has 0 aromatic rings. The van der Waals surface area contributed by atoms with E-state index in [0.717, 1.165) is 6.42 Å². The fraction of sp³-hybridized carbons (Fsp3) is 1.00. The SMILES string of the molecule is CCCC(CC)[SiH](Cl)Cl. The van der Waals surface area contributed by atoms with E-state index >= 15 is 0 Å². The van der Waals surface area contributed by atoms with Crippen molar-refractivity contribution in [2.45, 2.75) is 38.7 Å². The van der Waals surface area contributed by atoms with Crippen molar-refractivity contribution < 1.29 is 0 Å². The molecule has 0 saturated carbocycles. The second-order valence-electron chi connectivity index (χ2n) is 2.29. The van der Waals surface area contributed by atoms with Crippen molar-refractivity contribution in [2.24, 2.45) is 0 Å². The van der Waals surface area contributed by atoms with Gasteiger partial charge in [-0.05, 0) is 5.54 Å². The highest BCUT2D eigenvalue weighted by atomic mass is 35.7. The molecule has 0 amide bonds. The summed E-state index contributed by atoms with van der Waals surface area (Å²) in [7, 11) is -1.36. The van der Waals surface area contributed by atoms with Gasteiger partial charge in [0.25, 0.3) is 0 Å². The van der Waals surface area contributed by atoms with Crippen molar-refractivity contribution in [3.05, 3.63) is 0 Å². The largest absolute Gasteiger partial charge is 0.240 e. The minimum Gasteiger partial charge on any atom is -0.150 e. The van der Waals surface area contributed by atoms with E-state index in [9.17, 15) is 0 Å². The topological polar surface area (TPSA) is 0 Å². The number of hydrogen-bond acceptors (Lipinski definition) is 0. The summed E-state index contributed by atoms with van der Waals surface area (Å²) in [4.78, 5) is 0. The predicted molar refractivity (Wildman–Crippen MR) is 47.8 cm³/mol. The second kappa shape index (κ2) is 5.57. The number of halogens is 2. The number of rotatable bonds is 4. The molecule has 0 aromatic carbocycles. The fourth-order valence-corrected chi connectivity index (χ4v) is 3.65. The molecule has 0 bridgehead atoms. The average molecular weight is 185 g/mol. The van der Waals surface area contributed by atoms with E-state index in [1.165, 1.54) is 12.8 Å². The number of hydrogen-bond donors (Lipinski definition) is 0. The van der Waals surface area contributed by atoms with Crippen molar-refractivity contribution >= 4 is 29.6 Å². The monoisotopic (exact) mass is 184 g/mol. The van der Waals surface area contributed by atoms with E-state index < -0.39 is 7.42 Å². The van der Waals surface area contributed by atoms with Crippen LogP contribution in [0, 0.1) is 0 Å². The Labute approximate surface area is 68.6 Å². The zero-order valence-electron chi connectivity index (χ0n) is 6.03. The van der Waals surface area contributed by atoms with Crippen LogP contribution < -0.4 is 0 Å². The lowest BCUT2D eigenvalue weighted by Gasteiger charge is -2.11. The van der Waals surface area contributed by atoms with Crippen LogP contribution in [0.25, 0.3) is 0 Å². The predicted octanol–water partition coefficient (Wildman–Crippen LogP) is 3.26. The van der Waals surface area contributed by atoms with Gasteiger partial charge in [-0.1, -0.05) is 33.1 Å². The first-order valence-corrected chi connectivity index (χ1v) is 7.66. The van der Waals surface area contributed by atoms with Crippen LogP contribution in [0.15, 0.2) is 0 Å². The van der Waals surface area contributed by atoms with Gasteiger partial charge in [-0.3, -0.25) is 0 Å². The first-order chi connectivity index (χ1) is 4.22. The molecule has 0 rings (SSSR count). The van der Waals surface area contributed by atoms with Gasteiger partial charge in [0.2, 0.25) is 7.42 Å². The first-order valence-electron chi connectivity index (χ1n) is 3.50. The van der Waals surface area contributed by atoms with Crippen molar-refractivity contribution in [1.29, 1.82) is 0 Å². The zero-order chi connectivity index (χ0) is 7.28. The molecule has 0 aliphatic carbocycles. The summed E-state index contributed by atoms with van der Waals surface area (Å²) in [5.74, 6) is 0. The van der Waals surface area contributed by atoms with Crippen LogP contribution in [0.5, 0.6) is 0 Å². The van der Waals surface area contributed by atoms with Crippen molar-refractivity contribution in [1.82, 2.24) is 0 Å². The van der Waals surface area contributed by atoms with E-state index in [0.29, 0.717) is 5.54 Å². The quantitative estimate of drug-likeness (QED) is 0.465. The standard InChI is InChI=1S/C6H14Cl2Si/c1-3-5-6(4-2)9(7)8/h6,9H,3-5H2,1-2H3. The molecule has 9 heavy (non-hydrogen) atoms. The Hall–Kier alpha value is 0.797. The summed E-state index contributed by atoms with van der Waals surface area (Å²) in [5, 5.41) is 0. The Bertz CT molecular complexity index is 66.1. The van der Waals surface area contributed by atoms with Crippen LogP contribution in [0.1, 0.15) is 33.1 Å². The van der Waals surface area contributed by atoms with Crippen molar-refractivity contribution in [2.75, 3.05) is 0 Å². The molecule has 3 heteroatoms. The Morgan fingerprint density at radius 3 is 2.00 bits per heavy atom. The lowest BCUT2D eigenvalue weighted by Crippen LogP contribution is -2.05. The first kappa shape index (κ1) is 9.80. The van der Waals surface area contributed by atoms with Gasteiger partial charge in [0.05, 0.1) is 0 Å². The van der Waals surface area contributed by atoms with Crippen LogP contribution in [0.3, 0.4) is 0 Å². The van der Waals surface area contributed by atoms with Gasteiger partial charge in [0, 0.05) is 0 Å². The molecular formula is C6H14Cl2Si. The minimum atomic E-state index is -1.36. The smallest absolute Gasteiger partial charge is 0.150 e.